The zero-order valence-corrected chi connectivity index (χ0v) is 18.7. The van der Waals surface area contributed by atoms with Crippen LogP contribution in [0, 0.1) is 17.1 Å². The molecule has 2 nitrogen and oxygen atoms in total. The molecule has 5 rings (SSSR count). The molecule has 5 aromatic rings. The Morgan fingerprint density at radius 2 is 1.58 bits per heavy atom. The van der Waals surface area contributed by atoms with Gasteiger partial charge in [0.05, 0.1) is 25.4 Å². The van der Waals surface area contributed by atoms with Crippen molar-refractivity contribution >= 4 is 45.6 Å². The number of aromatic nitrogens is 1. The fourth-order valence-electron chi connectivity index (χ4n) is 4.27. The van der Waals surface area contributed by atoms with E-state index in [9.17, 15) is 5.26 Å². The van der Waals surface area contributed by atoms with Crippen LogP contribution in [-0.2, 0) is 0 Å². The van der Waals surface area contributed by atoms with Crippen molar-refractivity contribution in [1.82, 2.24) is 4.98 Å². The predicted octanol–water partition coefficient (Wildman–Crippen LogP) is 6.76. The number of nitriles is 1. The highest BCUT2D eigenvalue weighted by Gasteiger charge is 2.19. The highest BCUT2D eigenvalue weighted by Crippen LogP contribution is 2.35. The first-order valence-corrected chi connectivity index (χ1v) is 13.8. The van der Waals surface area contributed by atoms with Crippen molar-refractivity contribution in [2.75, 3.05) is 0 Å². The Hall–Kier alpha value is -3.55. The average molecular weight is 421 g/mol. The lowest BCUT2D eigenvalue weighted by atomic mass is 9.95. The van der Waals surface area contributed by atoms with E-state index in [1.54, 1.807) is 12.3 Å². The smallest absolute Gasteiger partial charge is 0.131 e. The maximum absolute atomic E-state index is 15.3. The van der Waals surface area contributed by atoms with E-state index in [0.717, 1.165) is 32.5 Å². The Kier molecular flexibility index (Phi) is 4.39. The summed E-state index contributed by atoms with van der Waals surface area (Å²) in [6, 6.07) is 23.7. The van der Waals surface area contributed by atoms with E-state index in [0.29, 0.717) is 16.6 Å². The summed E-state index contributed by atoms with van der Waals surface area (Å²) in [6.07, 6.45) is 1.77. The molecule has 0 radical (unpaired) electrons. The van der Waals surface area contributed by atoms with Crippen LogP contribution in [0.25, 0.3) is 43.6 Å². The van der Waals surface area contributed by atoms with Gasteiger partial charge in [-0.05, 0) is 45.8 Å². The molecule has 0 N–H and O–H groups in total. The van der Waals surface area contributed by atoms with E-state index in [-0.39, 0.29) is 5.82 Å². The molecule has 4 heteroatoms. The van der Waals surface area contributed by atoms with Crippen LogP contribution in [0.3, 0.4) is 0 Å². The summed E-state index contributed by atoms with van der Waals surface area (Å²) in [5.74, 6) is -0.238. The molecule has 0 amide bonds. The van der Waals surface area contributed by atoms with Gasteiger partial charge < -0.3 is 0 Å². The third kappa shape index (κ3) is 3.18. The van der Waals surface area contributed by atoms with Gasteiger partial charge in [-0.1, -0.05) is 67.3 Å². The zero-order chi connectivity index (χ0) is 21.8. The third-order valence-corrected chi connectivity index (χ3v) is 7.99. The van der Waals surface area contributed by atoms with Crippen LogP contribution >= 0.6 is 0 Å². The summed E-state index contributed by atoms with van der Waals surface area (Å²) < 4.78 is 15.3. The van der Waals surface area contributed by atoms with Gasteiger partial charge in [-0.3, -0.25) is 4.98 Å². The van der Waals surface area contributed by atoms with E-state index >= 15 is 4.39 Å². The van der Waals surface area contributed by atoms with E-state index in [2.05, 4.69) is 36.8 Å². The number of hydrogen-bond donors (Lipinski definition) is 0. The second-order valence-corrected chi connectivity index (χ2v) is 14.1. The van der Waals surface area contributed by atoms with Gasteiger partial charge in [-0.2, -0.15) is 5.26 Å². The Morgan fingerprint density at radius 1 is 0.806 bits per heavy atom. The maximum Gasteiger partial charge on any atom is 0.131 e. The van der Waals surface area contributed by atoms with Gasteiger partial charge in [0.25, 0.3) is 0 Å². The standard InChI is InChI=1S/C27H21FN2Si/c1-31(2,3)20-8-9-22-23-10-11-30-27(25(23)15-26(28)24(22)14-20)18-12-17-6-4-5-7-21(17)19(13-18)16-29/h4-15H,1-3H3. The monoisotopic (exact) mass is 420 g/mol. The van der Waals surface area contributed by atoms with Crippen molar-refractivity contribution < 1.29 is 4.39 Å². The van der Waals surface area contributed by atoms with Crippen LogP contribution in [0.1, 0.15) is 5.56 Å². The number of fused-ring (bicyclic) bond motifs is 4. The molecular formula is C27H21FN2Si. The molecule has 0 atom stereocenters. The van der Waals surface area contributed by atoms with Crippen LogP contribution in [0.2, 0.25) is 19.6 Å². The van der Waals surface area contributed by atoms with Crippen molar-refractivity contribution in [3.05, 3.63) is 84.3 Å². The number of benzene rings is 4. The van der Waals surface area contributed by atoms with Gasteiger partial charge in [0.1, 0.15) is 5.82 Å². The van der Waals surface area contributed by atoms with E-state index in [1.807, 2.05) is 54.6 Å². The lowest BCUT2D eigenvalue weighted by Gasteiger charge is -2.18. The summed E-state index contributed by atoms with van der Waals surface area (Å²) in [5.41, 5.74) is 2.10. The molecule has 4 aromatic carbocycles. The fourth-order valence-corrected chi connectivity index (χ4v) is 5.43. The maximum atomic E-state index is 15.3. The van der Waals surface area contributed by atoms with Gasteiger partial charge >= 0.3 is 0 Å². The Balaban J connectivity index is 1.82. The Bertz CT molecular complexity index is 1540. The average Bonchev–Trinajstić information content (AvgIpc) is 2.77. The van der Waals surface area contributed by atoms with Crippen molar-refractivity contribution in [2.24, 2.45) is 0 Å². The SMILES string of the molecule is C[Si](C)(C)c1ccc2c(c1)c(F)cc1c(-c3cc(C#N)c4ccccc4c3)nccc12. The molecule has 150 valence electrons. The van der Waals surface area contributed by atoms with Crippen molar-refractivity contribution in [3.8, 4) is 17.3 Å². The minimum absolute atomic E-state index is 0.238. The van der Waals surface area contributed by atoms with Crippen LogP contribution < -0.4 is 5.19 Å². The zero-order valence-electron chi connectivity index (χ0n) is 17.7. The van der Waals surface area contributed by atoms with Crippen molar-refractivity contribution in [1.29, 1.82) is 5.26 Å². The largest absolute Gasteiger partial charge is 0.256 e. The molecule has 0 fully saturated rings. The third-order valence-electron chi connectivity index (χ3n) is 5.95. The number of nitrogens with zero attached hydrogens (tertiary/aromatic N) is 2. The summed E-state index contributed by atoms with van der Waals surface area (Å²) in [6.45, 7) is 6.80. The summed E-state index contributed by atoms with van der Waals surface area (Å²) in [4.78, 5) is 4.59. The summed E-state index contributed by atoms with van der Waals surface area (Å²) in [5, 5.41) is 16.1. The first-order chi connectivity index (χ1) is 14.9. The second kappa shape index (κ2) is 7.00. The number of rotatable bonds is 2. The van der Waals surface area contributed by atoms with Crippen LogP contribution in [0.4, 0.5) is 4.39 Å². The van der Waals surface area contributed by atoms with Crippen LogP contribution in [-0.4, -0.2) is 13.1 Å². The quantitative estimate of drug-likeness (QED) is 0.233. The molecule has 1 heterocycles. The molecule has 0 aliphatic carbocycles. The number of halogens is 1. The molecule has 0 unspecified atom stereocenters. The predicted molar refractivity (Wildman–Crippen MR) is 130 cm³/mol. The topological polar surface area (TPSA) is 36.7 Å². The minimum atomic E-state index is -1.55. The van der Waals surface area contributed by atoms with Crippen LogP contribution in [0.5, 0.6) is 0 Å². The Morgan fingerprint density at radius 3 is 2.35 bits per heavy atom. The van der Waals surface area contributed by atoms with Gasteiger partial charge in [-0.25, -0.2) is 4.39 Å². The normalized spacial score (nSPS) is 11.8. The molecule has 0 spiro atoms. The van der Waals surface area contributed by atoms with Crippen molar-refractivity contribution in [3.63, 3.8) is 0 Å². The molecule has 0 saturated carbocycles. The summed E-state index contributed by atoms with van der Waals surface area (Å²) in [7, 11) is -1.55. The van der Waals surface area contributed by atoms with Crippen molar-refractivity contribution in [2.45, 2.75) is 19.6 Å². The number of hydrogen-bond acceptors (Lipinski definition) is 2. The first kappa shape index (κ1) is 19.4. The number of pyridine rings is 1. The van der Waals surface area contributed by atoms with Crippen LogP contribution in [0.15, 0.2) is 72.9 Å². The molecule has 31 heavy (non-hydrogen) atoms. The molecule has 0 saturated heterocycles. The molecule has 0 aliphatic heterocycles. The van der Waals surface area contributed by atoms with Gasteiger partial charge in [0.2, 0.25) is 0 Å². The molecular weight excluding hydrogens is 399 g/mol. The van der Waals surface area contributed by atoms with E-state index < -0.39 is 8.07 Å². The van der Waals surface area contributed by atoms with Gasteiger partial charge in [0.15, 0.2) is 0 Å². The van der Waals surface area contributed by atoms with Gasteiger partial charge in [-0.15, -0.1) is 0 Å². The highest BCUT2D eigenvalue weighted by atomic mass is 28.3. The lowest BCUT2D eigenvalue weighted by molar-refractivity contribution is 0.641. The van der Waals surface area contributed by atoms with E-state index in [1.165, 1.54) is 5.19 Å². The Labute approximate surface area is 181 Å². The molecule has 0 bridgehead atoms. The van der Waals surface area contributed by atoms with E-state index in [4.69, 9.17) is 0 Å². The minimum Gasteiger partial charge on any atom is -0.256 e. The molecule has 0 aliphatic rings. The highest BCUT2D eigenvalue weighted by molar-refractivity contribution is 6.88. The summed E-state index contributed by atoms with van der Waals surface area (Å²) >= 11 is 0. The fraction of sp³-hybridized carbons (Fsp3) is 0.111. The lowest BCUT2D eigenvalue weighted by Crippen LogP contribution is -2.37. The molecule has 1 aromatic heterocycles. The first-order valence-electron chi connectivity index (χ1n) is 10.3. The second-order valence-electron chi connectivity index (χ2n) is 8.98. The van der Waals surface area contributed by atoms with Gasteiger partial charge in [0, 0.05) is 22.5 Å².